The van der Waals surface area contributed by atoms with E-state index in [0.29, 0.717) is 25.2 Å². The van der Waals surface area contributed by atoms with Crippen molar-refractivity contribution in [3.63, 3.8) is 0 Å². The molecule has 0 saturated heterocycles. The largest absolute Gasteiger partial charge is 0.346 e. The van der Waals surface area contributed by atoms with Crippen LogP contribution in [0.3, 0.4) is 0 Å². The van der Waals surface area contributed by atoms with Crippen molar-refractivity contribution in [3.8, 4) is 0 Å². The summed E-state index contributed by atoms with van der Waals surface area (Å²) in [5, 5.41) is 3.11. The van der Waals surface area contributed by atoms with Crippen molar-refractivity contribution >= 4 is 23.3 Å². The molecule has 3 rings (SSSR count). The van der Waals surface area contributed by atoms with Gasteiger partial charge in [-0.2, -0.15) is 0 Å². The molecule has 0 heterocycles. The van der Waals surface area contributed by atoms with E-state index in [4.69, 9.17) is 0 Å². The zero-order valence-electron chi connectivity index (χ0n) is 29.5. The summed E-state index contributed by atoms with van der Waals surface area (Å²) in [5.74, 6) is -0.276. The van der Waals surface area contributed by atoms with Crippen LogP contribution in [0.15, 0.2) is 60.7 Å². The van der Waals surface area contributed by atoms with E-state index in [1.807, 2.05) is 55.5 Å². The monoisotopic (exact) mass is 629 g/mol. The molecule has 2 aromatic carbocycles. The second kappa shape index (κ2) is 17.7. The average Bonchev–Trinajstić information content (AvgIpc) is 3.76. The summed E-state index contributed by atoms with van der Waals surface area (Å²) in [6, 6.07) is 19.5. The molecular weight excluding hydrogens is 570 g/mol. The fraction of sp³-hybridized carbons (Fsp3) is 0.610. The normalized spacial score (nSPS) is 16.6. The highest BCUT2D eigenvalue weighted by Crippen LogP contribution is 2.47. The Morgan fingerprint density at radius 1 is 0.652 bits per heavy atom. The number of Topliss-reactive ketones (excluding diaryl/α,β-unsaturated/α-hetero) is 3. The second-order valence-electron chi connectivity index (χ2n) is 15.5. The zero-order chi connectivity index (χ0) is 33.9. The van der Waals surface area contributed by atoms with Crippen LogP contribution in [-0.4, -0.2) is 29.3 Å². The molecule has 252 valence electrons. The number of amides is 1. The molecule has 0 spiro atoms. The van der Waals surface area contributed by atoms with E-state index in [9.17, 15) is 19.2 Å². The molecule has 2 aromatic rings. The van der Waals surface area contributed by atoms with E-state index in [0.717, 1.165) is 37.7 Å². The van der Waals surface area contributed by atoms with Crippen LogP contribution in [0, 0.1) is 40.9 Å². The van der Waals surface area contributed by atoms with Crippen LogP contribution in [0.4, 0.5) is 0 Å². The number of carbonyl (C=O) groups excluding carboxylic acids is 4. The van der Waals surface area contributed by atoms with Gasteiger partial charge >= 0.3 is 0 Å². The number of rotatable bonds is 21. The highest BCUT2D eigenvalue weighted by Gasteiger charge is 2.48. The molecule has 0 unspecified atom stereocenters. The highest BCUT2D eigenvalue weighted by molar-refractivity contribution is 5.96. The number of ketones is 3. The molecular formula is C41H59NO4. The van der Waals surface area contributed by atoms with E-state index in [1.165, 1.54) is 5.56 Å². The van der Waals surface area contributed by atoms with E-state index >= 15 is 0 Å². The Bertz CT molecular complexity index is 1260. The molecule has 1 fully saturated rings. The lowest BCUT2D eigenvalue weighted by atomic mass is 9.79. The number of carbonyl (C=O) groups is 4. The van der Waals surface area contributed by atoms with Gasteiger partial charge in [0.1, 0.15) is 11.6 Å². The van der Waals surface area contributed by atoms with Gasteiger partial charge in [0.05, 0.1) is 6.04 Å². The van der Waals surface area contributed by atoms with Gasteiger partial charge < -0.3 is 5.32 Å². The lowest BCUT2D eigenvalue weighted by Crippen LogP contribution is -2.47. The van der Waals surface area contributed by atoms with Crippen LogP contribution in [0.5, 0.6) is 0 Å². The number of benzene rings is 2. The van der Waals surface area contributed by atoms with Gasteiger partial charge in [0, 0.05) is 36.0 Å². The van der Waals surface area contributed by atoms with Gasteiger partial charge in [-0.15, -0.1) is 0 Å². The molecule has 46 heavy (non-hydrogen) atoms. The Morgan fingerprint density at radius 3 is 1.65 bits per heavy atom. The van der Waals surface area contributed by atoms with Crippen LogP contribution in [0.25, 0.3) is 0 Å². The van der Waals surface area contributed by atoms with Crippen molar-refractivity contribution in [2.45, 2.75) is 119 Å². The lowest BCUT2D eigenvalue weighted by Gasteiger charge is -2.27. The van der Waals surface area contributed by atoms with Crippen LogP contribution in [0.1, 0.15) is 111 Å². The van der Waals surface area contributed by atoms with Crippen LogP contribution < -0.4 is 5.32 Å². The van der Waals surface area contributed by atoms with Gasteiger partial charge in [0.15, 0.2) is 5.78 Å². The minimum Gasteiger partial charge on any atom is -0.346 e. The average molecular weight is 630 g/mol. The quantitative estimate of drug-likeness (QED) is 0.150. The number of nitrogens with one attached hydrogen (secondary N) is 1. The molecule has 1 aliphatic carbocycles. The second-order valence-corrected chi connectivity index (χ2v) is 15.5. The van der Waals surface area contributed by atoms with Crippen LogP contribution >= 0.6 is 0 Å². The molecule has 0 bridgehead atoms. The molecule has 1 saturated carbocycles. The Labute approximate surface area is 278 Å². The summed E-state index contributed by atoms with van der Waals surface area (Å²) in [5.41, 5.74) is 1.84. The van der Waals surface area contributed by atoms with E-state index in [2.05, 4.69) is 59.0 Å². The van der Waals surface area contributed by atoms with Crippen molar-refractivity contribution in [1.82, 2.24) is 5.32 Å². The van der Waals surface area contributed by atoms with Gasteiger partial charge in [0.25, 0.3) is 0 Å². The number of aryl methyl sites for hydroxylation is 1. The first-order chi connectivity index (χ1) is 21.8. The van der Waals surface area contributed by atoms with Gasteiger partial charge in [-0.3, -0.25) is 19.2 Å². The summed E-state index contributed by atoms with van der Waals surface area (Å²) < 4.78 is 0. The number of hydrogen-bond donors (Lipinski definition) is 1. The zero-order valence-corrected chi connectivity index (χ0v) is 29.5. The van der Waals surface area contributed by atoms with Gasteiger partial charge in [-0.25, -0.2) is 0 Å². The first kappa shape index (κ1) is 37.4. The highest BCUT2D eigenvalue weighted by atomic mass is 16.2. The molecule has 1 amide bonds. The molecule has 1 aliphatic rings. The van der Waals surface area contributed by atoms with Crippen molar-refractivity contribution in [1.29, 1.82) is 0 Å². The summed E-state index contributed by atoms with van der Waals surface area (Å²) in [6.45, 7) is 14.6. The minimum absolute atomic E-state index is 0.0228. The van der Waals surface area contributed by atoms with Crippen LogP contribution in [0.2, 0.25) is 0 Å². The van der Waals surface area contributed by atoms with Gasteiger partial charge in [0.2, 0.25) is 5.91 Å². The fourth-order valence-corrected chi connectivity index (χ4v) is 6.68. The Balaban J connectivity index is 1.79. The third kappa shape index (κ3) is 12.3. The van der Waals surface area contributed by atoms with E-state index < -0.39 is 17.9 Å². The third-order valence-electron chi connectivity index (χ3n) is 9.57. The van der Waals surface area contributed by atoms with Crippen molar-refractivity contribution in [2.24, 2.45) is 40.9 Å². The summed E-state index contributed by atoms with van der Waals surface area (Å²) in [4.78, 5) is 55.3. The number of hydrogen-bond acceptors (Lipinski definition) is 4. The van der Waals surface area contributed by atoms with Crippen molar-refractivity contribution < 1.29 is 19.2 Å². The lowest BCUT2D eigenvalue weighted by molar-refractivity contribution is -0.135. The van der Waals surface area contributed by atoms with Crippen LogP contribution in [-0.2, 0) is 32.0 Å². The predicted molar refractivity (Wildman–Crippen MR) is 187 cm³/mol. The SMILES string of the molecule is CC(C)C[C@@H](CCc1ccccc1)C(=O)C[C@@H](CC(C)C)C(=O)C[C@@H](Cc1ccccc1)C(=O)N[C@@H](CC(C)C)C(=O)C1(C)CC1. The van der Waals surface area contributed by atoms with Crippen molar-refractivity contribution in [3.05, 3.63) is 71.8 Å². The van der Waals surface area contributed by atoms with Gasteiger partial charge in [-0.05, 0) is 80.2 Å². The van der Waals surface area contributed by atoms with Gasteiger partial charge in [-0.1, -0.05) is 109 Å². The topological polar surface area (TPSA) is 80.3 Å². The maximum Gasteiger partial charge on any atom is 0.224 e. The fourth-order valence-electron chi connectivity index (χ4n) is 6.68. The summed E-state index contributed by atoms with van der Waals surface area (Å²) in [6.07, 6.45) is 6.01. The maximum atomic E-state index is 14.1. The molecule has 5 nitrogen and oxygen atoms in total. The first-order valence-corrected chi connectivity index (χ1v) is 17.7. The summed E-state index contributed by atoms with van der Waals surface area (Å²) in [7, 11) is 0. The van der Waals surface area contributed by atoms with E-state index in [-0.39, 0.29) is 59.3 Å². The molecule has 0 aliphatic heterocycles. The Hall–Kier alpha value is -3.08. The minimum atomic E-state index is -0.612. The molecule has 5 heteroatoms. The molecule has 4 atom stereocenters. The Kier molecular flexibility index (Phi) is 14.4. The molecule has 0 aromatic heterocycles. The first-order valence-electron chi connectivity index (χ1n) is 17.7. The van der Waals surface area contributed by atoms with E-state index in [1.54, 1.807) is 0 Å². The Morgan fingerprint density at radius 2 is 1.13 bits per heavy atom. The molecule has 0 radical (unpaired) electrons. The standard InChI is InChI=1S/C41H59NO4/c1-28(2)22-33(19-18-31-14-10-8-11-15-31)37(43)26-34(23-29(3)4)38(44)27-35(25-32-16-12-9-13-17-32)40(46)42-36(24-30(5)6)39(45)41(7)20-21-41/h8-17,28-30,33-36H,18-27H2,1-7H3,(H,42,46)/t33-,34-,35-,36+/m1/s1. The van der Waals surface area contributed by atoms with Crippen molar-refractivity contribution in [2.75, 3.05) is 0 Å². The third-order valence-corrected chi connectivity index (χ3v) is 9.57. The predicted octanol–water partition coefficient (Wildman–Crippen LogP) is 8.62. The maximum absolute atomic E-state index is 14.1. The summed E-state index contributed by atoms with van der Waals surface area (Å²) >= 11 is 0. The molecule has 1 N–H and O–H groups in total. The smallest absolute Gasteiger partial charge is 0.224 e.